The number of ether oxygens (including phenoxy) is 1. The Morgan fingerprint density at radius 1 is 0.917 bits per heavy atom. The summed E-state index contributed by atoms with van der Waals surface area (Å²) < 4.78 is 5.29. The van der Waals surface area contributed by atoms with Gasteiger partial charge in [0.25, 0.3) is 0 Å². The zero-order valence-corrected chi connectivity index (χ0v) is 20.8. The van der Waals surface area contributed by atoms with E-state index in [1.54, 1.807) is 0 Å². The minimum Gasteiger partial charge on any atom is -0.545 e. The van der Waals surface area contributed by atoms with E-state index in [0.29, 0.717) is 6.07 Å². The molecular formula is C22H19NaO13. The van der Waals surface area contributed by atoms with Crippen molar-refractivity contribution in [3.63, 3.8) is 0 Å². The summed E-state index contributed by atoms with van der Waals surface area (Å²) in [6.45, 7) is 0.245. The second kappa shape index (κ2) is 9.61. The van der Waals surface area contributed by atoms with Gasteiger partial charge in [0.15, 0.2) is 23.1 Å². The largest absolute Gasteiger partial charge is 1.00 e. The molecule has 8 N–H and O–H groups in total. The van der Waals surface area contributed by atoms with E-state index in [9.17, 15) is 60.3 Å². The third kappa shape index (κ3) is 3.76. The number of carbonyl (C=O) groups excluding carboxylic acids is 3. The Hall–Kier alpha value is -2.75. The number of phenolic OH excluding ortho intramolecular Hbond substituents is 3. The number of aliphatic hydroxyl groups excluding tert-OH is 4. The van der Waals surface area contributed by atoms with E-state index >= 15 is 0 Å². The van der Waals surface area contributed by atoms with Gasteiger partial charge in [-0.25, -0.2) is 0 Å². The van der Waals surface area contributed by atoms with Gasteiger partial charge in [-0.3, -0.25) is 9.59 Å². The number of aromatic carboxylic acids is 1. The molecule has 1 aliphatic heterocycles. The summed E-state index contributed by atoms with van der Waals surface area (Å²) in [5, 5.41) is 93.4. The Balaban J connectivity index is 0.00000361. The van der Waals surface area contributed by atoms with Crippen LogP contribution in [0.1, 0.15) is 59.4 Å². The zero-order valence-electron chi connectivity index (χ0n) is 18.8. The van der Waals surface area contributed by atoms with Gasteiger partial charge >= 0.3 is 29.6 Å². The van der Waals surface area contributed by atoms with Crippen molar-refractivity contribution in [2.45, 2.75) is 37.4 Å². The van der Waals surface area contributed by atoms with E-state index in [-0.39, 0.29) is 35.1 Å². The maximum absolute atomic E-state index is 13.4. The summed E-state index contributed by atoms with van der Waals surface area (Å²) >= 11 is 0. The normalized spacial score (nSPS) is 25.1. The third-order valence-electron chi connectivity index (χ3n) is 6.32. The number of rotatable bonds is 3. The van der Waals surface area contributed by atoms with Crippen LogP contribution in [-0.2, 0) is 4.74 Å². The first kappa shape index (κ1) is 27.8. The average molecular weight is 514 g/mol. The molecule has 2 aromatic rings. The number of carbonyl (C=O) groups is 3. The Labute approximate surface area is 223 Å². The molecule has 1 fully saturated rings. The number of phenols is 4. The van der Waals surface area contributed by atoms with Crippen LogP contribution in [0.15, 0.2) is 6.07 Å². The van der Waals surface area contributed by atoms with Crippen LogP contribution < -0.4 is 34.7 Å². The predicted octanol–water partition coefficient (Wildman–Crippen LogP) is -5.52. The second-order valence-corrected chi connectivity index (χ2v) is 8.22. The maximum atomic E-state index is 13.4. The number of carboxylic acids is 1. The Bertz CT molecular complexity index is 1300. The molecule has 0 unspecified atom stereocenters. The fraction of sp³-hybridized carbons (Fsp3) is 0.318. The van der Waals surface area contributed by atoms with Gasteiger partial charge in [0, 0.05) is 16.7 Å². The van der Waals surface area contributed by atoms with Gasteiger partial charge in [0.2, 0.25) is 0 Å². The van der Waals surface area contributed by atoms with Gasteiger partial charge < -0.3 is 55.5 Å². The molecule has 0 saturated carbocycles. The molecule has 2 aromatic carbocycles. The molecule has 1 aliphatic carbocycles. The standard InChI is InChI=1S/C22H20O13.Na/c1-4-8-5(2-6(24)9(4)22(33)34)13(25)10-11(15(8)27)16(28)12(18(30)17(10)29)21-20(32)19(31)14(26)7(3-23)35-21;/h2,7,14,19-21,23-24,26,28-32H,3H2,1H3,(H,33,34);/q;+1/p-1/t7-,14-,19+,20-,21-;/m1./s1. The molecule has 0 spiro atoms. The van der Waals surface area contributed by atoms with E-state index in [1.165, 1.54) is 0 Å². The van der Waals surface area contributed by atoms with Crippen molar-refractivity contribution >= 4 is 17.5 Å². The van der Waals surface area contributed by atoms with Gasteiger partial charge in [0.05, 0.1) is 29.3 Å². The third-order valence-corrected chi connectivity index (χ3v) is 6.32. The van der Waals surface area contributed by atoms with Crippen LogP contribution in [0.2, 0.25) is 0 Å². The Morgan fingerprint density at radius 3 is 2.06 bits per heavy atom. The van der Waals surface area contributed by atoms with Gasteiger partial charge in [0.1, 0.15) is 42.0 Å². The van der Waals surface area contributed by atoms with Crippen molar-refractivity contribution in [2.75, 3.05) is 6.61 Å². The monoisotopic (exact) mass is 514 g/mol. The van der Waals surface area contributed by atoms with Crippen molar-refractivity contribution in [3.05, 3.63) is 45.0 Å². The molecule has 5 atom stereocenters. The summed E-state index contributed by atoms with van der Waals surface area (Å²) in [4.78, 5) is 37.9. The Morgan fingerprint density at radius 2 is 1.50 bits per heavy atom. The van der Waals surface area contributed by atoms with Crippen LogP contribution in [0.5, 0.6) is 23.0 Å². The molecule has 186 valence electrons. The molecule has 0 radical (unpaired) electrons. The van der Waals surface area contributed by atoms with E-state index in [4.69, 9.17) is 4.74 Å². The smallest absolute Gasteiger partial charge is 0.545 e. The predicted molar refractivity (Wildman–Crippen MR) is 108 cm³/mol. The fourth-order valence-corrected chi connectivity index (χ4v) is 4.57. The number of ketones is 2. The fourth-order valence-electron chi connectivity index (χ4n) is 4.57. The summed E-state index contributed by atoms with van der Waals surface area (Å²) in [6.07, 6.45) is -9.16. The van der Waals surface area contributed by atoms with Crippen LogP contribution in [-0.4, -0.2) is 89.4 Å². The molecule has 14 heteroatoms. The minimum atomic E-state index is -2.04. The second-order valence-electron chi connectivity index (χ2n) is 8.22. The van der Waals surface area contributed by atoms with Gasteiger partial charge in [-0.05, 0) is 18.6 Å². The molecule has 1 heterocycles. The van der Waals surface area contributed by atoms with E-state index in [0.717, 1.165) is 6.92 Å². The van der Waals surface area contributed by atoms with Gasteiger partial charge in [-0.2, -0.15) is 0 Å². The van der Waals surface area contributed by atoms with Gasteiger partial charge in [-0.1, -0.05) is 0 Å². The average Bonchev–Trinajstić information content (AvgIpc) is 2.79. The van der Waals surface area contributed by atoms with Gasteiger partial charge in [-0.15, -0.1) is 0 Å². The molecule has 0 bridgehead atoms. The Kier molecular flexibility index (Phi) is 7.43. The van der Waals surface area contributed by atoms with E-state index in [1.807, 2.05) is 0 Å². The minimum absolute atomic E-state index is 0. The molecule has 13 nitrogen and oxygen atoms in total. The van der Waals surface area contributed by atoms with Crippen molar-refractivity contribution in [1.29, 1.82) is 0 Å². The summed E-state index contributed by atoms with van der Waals surface area (Å²) in [6, 6.07) is 0.676. The van der Waals surface area contributed by atoms with Crippen LogP contribution >= 0.6 is 0 Å². The summed E-state index contributed by atoms with van der Waals surface area (Å²) in [5.74, 6) is -8.64. The number of carboxylic acid groups (broad SMARTS) is 1. The van der Waals surface area contributed by atoms with Crippen LogP contribution in [0.4, 0.5) is 0 Å². The first-order valence-electron chi connectivity index (χ1n) is 10.1. The number of benzene rings is 2. The number of aliphatic hydroxyl groups is 4. The molecule has 0 amide bonds. The van der Waals surface area contributed by atoms with Crippen molar-refractivity contribution in [3.8, 4) is 23.0 Å². The maximum Gasteiger partial charge on any atom is 1.00 e. The van der Waals surface area contributed by atoms with Crippen molar-refractivity contribution < 1.29 is 94.6 Å². The van der Waals surface area contributed by atoms with Crippen molar-refractivity contribution in [2.24, 2.45) is 0 Å². The van der Waals surface area contributed by atoms with Crippen LogP contribution in [0.25, 0.3) is 0 Å². The number of aromatic hydroxyl groups is 4. The molecular weight excluding hydrogens is 495 g/mol. The molecule has 1 saturated heterocycles. The topological polar surface area (TPSA) is 245 Å². The molecule has 4 rings (SSSR count). The summed E-state index contributed by atoms with van der Waals surface area (Å²) in [7, 11) is 0. The van der Waals surface area contributed by atoms with Crippen LogP contribution in [0, 0.1) is 6.92 Å². The quantitative estimate of drug-likeness (QED) is 0.0924. The SMILES string of the molecule is Cc1c(C(=O)[O-])c(O)cc2c1C(=O)c1c(O)c([C@H]3O[C@H](CO)[C@@H](O)[C@H](O)[C@H]3O)c(O)c(O)c1C2=O.[Na+]. The van der Waals surface area contributed by atoms with E-state index in [2.05, 4.69) is 0 Å². The number of hydrogen-bond donors (Lipinski definition) is 8. The zero-order chi connectivity index (χ0) is 26.1. The van der Waals surface area contributed by atoms with Crippen LogP contribution in [0.3, 0.4) is 0 Å². The van der Waals surface area contributed by atoms with E-state index < -0.39 is 111 Å². The molecule has 0 aromatic heterocycles. The molecule has 2 aliphatic rings. The molecule has 36 heavy (non-hydrogen) atoms. The first-order valence-corrected chi connectivity index (χ1v) is 10.1. The summed E-state index contributed by atoms with van der Waals surface area (Å²) in [5.41, 5.74) is -4.78. The number of fused-ring (bicyclic) bond motifs is 2. The number of hydrogen-bond acceptors (Lipinski definition) is 13. The first-order chi connectivity index (χ1) is 16.3. The van der Waals surface area contributed by atoms with Crippen molar-refractivity contribution in [1.82, 2.24) is 0 Å².